The van der Waals surface area contributed by atoms with Crippen molar-refractivity contribution in [1.82, 2.24) is 4.90 Å². The van der Waals surface area contributed by atoms with E-state index in [4.69, 9.17) is 0 Å². The van der Waals surface area contributed by atoms with Crippen molar-refractivity contribution in [3.05, 3.63) is 101 Å². The van der Waals surface area contributed by atoms with Gasteiger partial charge in [-0.1, -0.05) is 24.3 Å². The molecule has 2 aliphatic rings. The molecular formula is C24H17F3N2O2S. The van der Waals surface area contributed by atoms with Gasteiger partial charge in [-0.2, -0.15) is 0 Å². The first kappa shape index (κ1) is 20.6. The van der Waals surface area contributed by atoms with E-state index >= 15 is 0 Å². The quantitative estimate of drug-likeness (QED) is 0.577. The third kappa shape index (κ3) is 3.09. The molecule has 2 heterocycles. The fraction of sp³-hybridized carbons (Fsp3) is 0.167. The van der Waals surface area contributed by atoms with Gasteiger partial charge in [0.2, 0.25) is 0 Å². The Balaban J connectivity index is 1.60. The lowest BCUT2D eigenvalue weighted by molar-refractivity contribution is -0.123. The van der Waals surface area contributed by atoms with Crippen molar-refractivity contribution in [2.24, 2.45) is 0 Å². The van der Waals surface area contributed by atoms with Gasteiger partial charge in [0.1, 0.15) is 17.5 Å². The molecule has 0 bridgehead atoms. The Morgan fingerprint density at radius 1 is 0.969 bits per heavy atom. The minimum atomic E-state index is -1.49. The van der Waals surface area contributed by atoms with Gasteiger partial charge in [-0.05, 0) is 48.0 Å². The van der Waals surface area contributed by atoms with E-state index in [2.05, 4.69) is 0 Å². The Morgan fingerprint density at radius 3 is 2.44 bits per heavy atom. The first-order valence-electron chi connectivity index (χ1n) is 9.99. The number of halogens is 3. The summed E-state index contributed by atoms with van der Waals surface area (Å²) in [5.41, 5.74) is 1.37. The van der Waals surface area contributed by atoms with Gasteiger partial charge in [-0.15, -0.1) is 11.8 Å². The third-order valence-corrected chi connectivity index (χ3v) is 7.18. The summed E-state index contributed by atoms with van der Waals surface area (Å²) in [5.74, 6) is -2.21. The number of hydrogen-bond donors (Lipinski definition) is 0. The highest BCUT2D eigenvalue weighted by molar-refractivity contribution is 8.01. The summed E-state index contributed by atoms with van der Waals surface area (Å²) in [6.45, 7) is 0.339. The Bertz CT molecular complexity index is 1230. The maximum absolute atomic E-state index is 14.4. The number of amides is 2. The standard InChI is InChI=1S/C24H17F3N2O2S/c25-16-7-5-15(6-8-16)14-28-21-10-9-17(26)13-19(21)24(23(28)31)29(11-12-32-24)22(30)18-3-1-2-4-20(18)27/h1-10,13H,11-12,14H2. The zero-order chi connectivity index (χ0) is 22.5. The van der Waals surface area contributed by atoms with Gasteiger partial charge in [0.25, 0.3) is 11.8 Å². The van der Waals surface area contributed by atoms with Crippen molar-refractivity contribution in [3.63, 3.8) is 0 Å². The third-order valence-electron chi connectivity index (χ3n) is 5.76. The highest BCUT2D eigenvalue weighted by Gasteiger charge is 2.59. The van der Waals surface area contributed by atoms with Crippen LogP contribution in [0.15, 0.2) is 66.7 Å². The maximum Gasteiger partial charge on any atom is 0.268 e. The van der Waals surface area contributed by atoms with Crippen LogP contribution in [0.4, 0.5) is 18.9 Å². The SMILES string of the molecule is O=C(c1ccccc1F)N1CCSC12C(=O)N(Cc1ccc(F)cc1)c1ccc(F)cc12. The molecule has 3 aromatic carbocycles. The molecule has 0 saturated carbocycles. The van der Waals surface area contributed by atoms with E-state index in [1.807, 2.05) is 0 Å². The average Bonchev–Trinajstić information content (AvgIpc) is 3.32. The molecule has 1 unspecified atom stereocenters. The molecule has 0 aliphatic carbocycles. The van der Waals surface area contributed by atoms with Crippen molar-refractivity contribution in [2.45, 2.75) is 11.4 Å². The lowest BCUT2D eigenvalue weighted by atomic mass is 10.0. The number of carbonyl (C=O) groups excluding carboxylic acids is 2. The minimum Gasteiger partial charge on any atom is -0.311 e. The molecule has 0 aromatic heterocycles. The van der Waals surface area contributed by atoms with Crippen LogP contribution in [-0.2, 0) is 16.2 Å². The number of benzene rings is 3. The first-order chi connectivity index (χ1) is 15.4. The second-order valence-electron chi connectivity index (χ2n) is 7.61. The van der Waals surface area contributed by atoms with Gasteiger partial charge in [0.15, 0.2) is 4.87 Å². The number of rotatable bonds is 3. The molecule has 5 rings (SSSR count). The second-order valence-corrected chi connectivity index (χ2v) is 8.90. The first-order valence-corrected chi connectivity index (χ1v) is 11.0. The van der Waals surface area contributed by atoms with Gasteiger partial charge < -0.3 is 9.80 Å². The monoisotopic (exact) mass is 454 g/mol. The van der Waals surface area contributed by atoms with Crippen LogP contribution in [0.25, 0.3) is 0 Å². The van der Waals surface area contributed by atoms with Crippen LogP contribution in [0.1, 0.15) is 21.5 Å². The smallest absolute Gasteiger partial charge is 0.268 e. The molecule has 1 atom stereocenters. The molecule has 2 aliphatic heterocycles. The maximum atomic E-state index is 14.4. The molecule has 0 N–H and O–H groups in total. The summed E-state index contributed by atoms with van der Waals surface area (Å²) < 4.78 is 42.0. The lowest BCUT2D eigenvalue weighted by Crippen LogP contribution is -2.50. The normalized spacial score (nSPS) is 19.7. The summed E-state index contributed by atoms with van der Waals surface area (Å²) in [5, 5.41) is 0. The Labute approximate surface area is 186 Å². The van der Waals surface area contributed by atoms with Gasteiger partial charge in [0.05, 0.1) is 17.8 Å². The number of nitrogens with zero attached hydrogens (tertiary/aromatic N) is 2. The van der Waals surface area contributed by atoms with E-state index in [0.717, 1.165) is 0 Å². The molecular weight excluding hydrogens is 437 g/mol. The van der Waals surface area contributed by atoms with Gasteiger partial charge >= 0.3 is 0 Å². The van der Waals surface area contributed by atoms with Crippen LogP contribution in [0.5, 0.6) is 0 Å². The van der Waals surface area contributed by atoms with Crippen LogP contribution in [-0.4, -0.2) is 29.0 Å². The van der Waals surface area contributed by atoms with E-state index in [9.17, 15) is 22.8 Å². The highest BCUT2D eigenvalue weighted by Crippen LogP contribution is 2.55. The molecule has 1 fully saturated rings. The van der Waals surface area contributed by atoms with Crippen LogP contribution in [0, 0.1) is 17.5 Å². The number of anilines is 1. The van der Waals surface area contributed by atoms with Crippen LogP contribution < -0.4 is 4.90 Å². The molecule has 4 nitrogen and oxygen atoms in total. The van der Waals surface area contributed by atoms with Gasteiger partial charge in [0, 0.05) is 17.9 Å². The van der Waals surface area contributed by atoms with Crippen molar-refractivity contribution >= 4 is 29.3 Å². The van der Waals surface area contributed by atoms with E-state index in [0.29, 0.717) is 22.6 Å². The Kier molecular flexibility index (Phi) is 4.97. The van der Waals surface area contributed by atoms with Crippen molar-refractivity contribution < 1.29 is 22.8 Å². The zero-order valence-corrected chi connectivity index (χ0v) is 17.5. The molecule has 162 valence electrons. The van der Waals surface area contributed by atoms with E-state index in [1.54, 1.807) is 18.2 Å². The molecule has 1 saturated heterocycles. The van der Waals surface area contributed by atoms with Crippen LogP contribution >= 0.6 is 11.8 Å². The Morgan fingerprint density at radius 2 is 1.69 bits per heavy atom. The summed E-state index contributed by atoms with van der Waals surface area (Å²) in [4.78, 5) is 28.5. The predicted octanol–water partition coefficient (Wildman–Crippen LogP) is 4.69. The summed E-state index contributed by atoms with van der Waals surface area (Å²) >= 11 is 1.23. The number of thioether (sulfide) groups is 1. The van der Waals surface area contributed by atoms with Crippen LogP contribution in [0.3, 0.4) is 0 Å². The molecule has 3 aromatic rings. The van der Waals surface area contributed by atoms with E-state index < -0.39 is 34.1 Å². The number of fused-ring (bicyclic) bond motifs is 2. The summed E-state index contributed by atoms with van der Waals surface area (Å²) in [7, 11) is 0. The molecule has 1 spiro atoms. The van der Waals surface area contributed by atoms with Gasteiger partial charge in [-0.25, -0.2) is 13.2 Å². The van der Waals surface area contributed by atoms with Crippen molar-refractivity contribution in [3.8, 4) is 0 Å². The topological polar surface area (TPSA) is 40.6 Å². The second kappa shape index (κ2) is 7.70. The number of hydrogen-bond acceptors (Lipinski definition) is 3. The van der Waals surface area contributed by atoms with E-state index in [1.165, 1.54) is 70.1 Å². The van der Waals surface area contributed by atoms with Crippen molar-refractivity contribution in [1.29, 1.82) is 0 Å². The van der Waals surface area contributed by atoms with E-state index in [-0.39, 0.29) is 18.7 Å². The minimum absolute atomic E-state index is 0.127. The number of carbonyl (C=O) groups is 2. The predicted molar refractivity (Wildman–Crippen MR) is 116 cm³/mol. The van der Waals surface area contributed by atoms with Crippen LogP contribution in [0.2, 0.25) is 0 Å². The van der Waals surface area contributed by atoms with Crippen molar-refractivity contribution in [2.75, 3.05) is 17.2 Å². The largest absolute Gasteiger partial charge is 0.311 e. The fourth-order valence-electron chi connectivity index (χ4n) is 4.30. The molecule has 0 radical (unpaired) electrons. The molecule has 32 heavy (non-hydrogen) atoms. The summed E-state index contributed by atoms with van der Waals surface area (Å²) in [6.07, 6.45) is 0. The molecule has 8 heteroatoms. The zero-order valence-electron chi connectivity index (χ0n) is 16.7. The lowest BCUT2D eigenvalue weighted by Gasteiger charge is -2.33. The fourth-order valence-corrected chi connectivity index (χ4v) is 5.75. The van der Waals surface area contributed by atoms with Gasteiger partial charge in [-0.3, -0.25) is 9.59 Å². The summed E-state index contributed by atoms with van der Waals surface area (Å²) in [6, 6.07) is 15.4. The highest BCUT2D eigenvalue weighted by atomic mass is 32.2. The Hall–Kier alpha value is -3.26. The molecule has 2 amide bonds. The average molecular weight is 454 g/mol.